The van der Waals surface area contributed by atoms with E-state index in [4.69, 9.17) is 10.00 Å². The van der Waals surface area contributed by atoms with E-state index in [1.165, 1.54) is 11.0 Å². The quantitative estimate of drug-likeness (QED) is 0.796. The number of fused-ring (bicyclic) bond motifs is 3. The van der Waals surface area contributed by atoms with E-state index in [0.717, 1.165) is 11.6 Å². The first-order chi connectivity index (χ1) is 15.0. The van der Waals surface area contributed by atoms with E-state index in [1.54, 1.807) is 18.2 Å². The van der Waals surface area contributed by atoms with Gasteiger partial charge < -0.3 is 20.3 Å². The summed E-state index contributed by atoms with van der Waals surface area (Å²) < 4.78 is 19.9. The van der Waals surface area contributed by atoms with Crippen molar-refractivity contribution in [2.75, 3.05) is 18.5 Å². The molecule has 1 aliphatic carbocycles. The van der Waals surface area contributed by atoms with Crippen LogP contribution in [0.2, 0.25) is 0 Å². The van der Waals surface area contributed by atoms with Gasteiger partial charge in [0, 0.05) is 11.3 Å². The molecule has 1 atom stereocenters. The second-order valence-electron chi connectivity index (χ2n) is 7.80. The molecule has 5 rings (SSSR count). The van der Waals surface area contributed by atoms with Crippen LogP contribution in [0.15, 0.2) is 30.3 Å². The molecule has 31 heavy (non-hydrogen) atoms. The molecule has 0 aromatic heterocycles. The Labute approximate surface area is 176 Å². The molecule has 3 amide bonds. The number of amides is 3. The summed E-state index contributed by atoms with van der Waals surface area (Å²) in [6.07, 6.45) is 1.31. The van der Waals surface area contributed by atoms with Crippen LogP contribution in [0.3, 0.4) is 0 Å². The largest absolute Gasteiger partial charge is 0.491 e. The molecule has 1 spiro atoms. The highest BCUT2D eigenvalue weighted by Crippen LogP contribution is 2.56. The van der Waals surface area contributed by atoms with Crippen LogP contribution < -0.4 is 15.4 Å². The Morgan fingerprint density at radius 2 is 2.13 bits per heavy atom. The molecular weight excluding hydrogens is 401 g/mol. The maximum atomic E-state index is 14.5. The molecule has 0 unspecified atom stereocenters. The molecule has 2 aromatic rings. The maximum absolute atomic E-state index is 14.5. The van der Waals surface area contributed by atoms with Gasteiger partial charge in [0.15, 0.2) is 0 Å². The Kier molecular flexibility index (Phi) is 4.09. The smallest absolute Gasteiger partial charge is 0.323 e. The number of nitriles is 2. The standard InChI is InChI=1S/C22H16FN5O3/c23-14-6-12(8-24)7-17-19(14)16(11-31-17)26-18(29)10-28-21(30)27-15-3-1-2-13(9-25)20(15)22(28)4-5-22/h1-3,6-7,16H,4-5,10-11H2,(H,26,29)(H,27,30)/t16-/m1/s1. The fourth-order valence-electron chi connectivity index (χ4n) is 4.49. The number of nitrogens with zero attached hydrogens (tertiary/aromatic N) is 3. The van der Waals surface area contributed by atoms with E-state index < -0.39 is 29.3 Å². The van der Waals surface area contributed by atoms with Gasteiger partial charge in [-0.15, -0.1) is 0 Å². The minimum atomic E-state index is -0.722. The number of hydrogen-bond donors (Lipinski definition) is 2. The molecule has 154 valence electrons. The van der Waals surface area contributed by atoms with Gasteiger partial charge in [-0.3, -0.25) is 4.79 Å². The monoisotopic (exact) mass is 417 g/mol. The van der Waals surface area contributed by atoms with E-state index in [2.05, 4.69) is 16.7 Å². The van der Waals surface area contributed by atoms with Crippen LogP contribution in [0.25, 0.3) is 0 Å². The lowest BCUT2D eigenvalue weighted by Gasteiger charge is -2.38. The Bertz CT molecular complexity index is 1220. The third kappa shape index (κ3) is 2.86. The van der Waals surface area contributed by atoms with E-state index in [0.29, 0.717) is 24.1 Å². The van der Waals surface area contributed by atoms with Gasteiger partial charge in [0.05, 0.1) is 40.4 Å². The maximum Gasteiger partial charge on any atom is 0.323 e. The number of anilines is 1. The highest BCUT2D eigenvalue weighted by Gasteiger charge is 2.56. The minimum absolute atomic E-state index is 0.0334. The zero-order valence-electron chi connectivity index (χ0n) is 16.2. The van der Waals surface area contributed by atoms with Gasteiger partial charge in [-0.2, -0.15) is 10.5 Å². The number of carbonyl (C=O) groups excluding carboxylic acids is 2. The summed E-state index contributed by atoms with van der Waals surface area (Å²) in [6, 6.07) is 10.6. The van der Waals surface area contributed by atoms with Crippen molar-refractivity contribution < 1.29 is 18.7 Å². The predicted molar refractivity (Wildman–Crippen MR) is 105 cm³/mol. The summed E-state index contributed by atoms with van der Waals surface area (Å²) in [5.41, 5.74) is 1.43. The van der Waals surface area contributed by atoms with Gasteiger partial charge in [-0.25, -0.2) is 9.18 Å². The fourth-order valence-corrected chi connectivity index (χ4v) is 4.49. The van der Waals surface area contributed by atoms with Crippen LogP contribution >= 0.6 is 0 Å². The number of ether oxygens (including phenoxy) is 1. The summed E-state index contributed by atoms with van der Waals surface area (Å²) in [4.78, 5) is 27.0. The molecule has 2 aliphatic heterocycles. The lowest BCUT2D eigenvalue weighted by molar-refractivity contribution is -0.123. The van der Waals surface area contributed by atoms with E-state index in [9.17, 15) is 19.2 Å². The molecule has 8 nitrogen and oxygen atoms in total. The lowest BCUT2D eigenvalue weighted by Crippen LogP contribution is -2.52. The number of urea groups is 1. The number of halogens is 1. The summed E-state index contributed by atoms with van der Waals surface area (Å²) in [5, 5.41) is 24.0. The third-order valence-electron chi connectivity index (χ3n) is 5.99. The third-order valence-corrected chi connectivity index (χ3v) is 5.99. The van der Waals surface area contributed by atoms with Gasteiger partial charge in [0.2, 0.25) is 5.91 Å². The first-order valence-electron chi connectivity index (χ1n) is 9.75. The number of rotatable bonds is 3. The van der Waals surface area contributed by atoms with Crippen molar-refractivity contribution in [3.05, 3.63) is 58.4 Å². The van der Waals surface area contributed by atoms with Crippen molar-refractivity contribution in [2.24, 2.45) is 0 Å². The first-order valence-corrected chi connectivity index (χ1v) is 9.75. The van der Waals surface area contributed by atoms with E-state index >= 15 is 0 Å². The van der Waals surface area contributed by atoms with Crippen molar-refractivity contribution >= 4 is 17.6 Å². The lowest BCUT2D eigenvalue weighted by atomic mass is 9.93. The second-order valence-corrected chi connectivity index (χ2v) is 7.80. The summed E-state index contributed by atoms with van der Waals surface area (Å²) in [7, 11) is 0. The first kappa shape index (κ1) is 18.9. The molecule has 2 N–H and O–H groups in total. The zero-order valence-corrected chi connectivity index (χ0v) is 16.2. The molecule has 0 bridgehead atoms. The van der Waals surface area contributed by atoms with Crippen molar-refractivity contribution in [1.29, 1.82) is 10.5 Å². The number of carbonyl (C=O) groups is 2. The SMILES string of the molecule is N#Cc1cc(F)c2c(c1)OC[C@H]2NC(=O)CN1C(=O)Nc2cccc(C#N)c2C12CC2. The molecule has 2 heterocycles. The van der Waals surface area contributed by atoms with Crippen LogP contribution in [0, 0.1) is 28.5 Å². The zero-order chi connectivity index (χ0) is 21.8. The van der Waals surface area contributed by atoms with Gasteiger partial charge in [-0.1, -0.05) is 6.07 Å². The van der Waals surface area contributed by atoms with Gasteiger partial charge in [0.25, 0.3) is 0 Å². The van der Waals surface area contributed by atoms with Gasteiger partial charge >= 0.3 is 6.03 Å². The molecule has 3 aliphatic rings. The van der Waals surface area contributed by atoms with Crippen LogP contribution in [-0.4, -0.2) is 30.0 Å². The Hall–Kier alpha value is -4.11. The normalized spacial score (nSPS) is 19.4. The van der Waals surface area contributed by atoms with Gasteiger partial charge in [0.1, 0.15) is 24.7 Å². The minimum Gasteiger partial charge on any atom is -0.491 e. The summed E-state index contributed by atoms with van der Waals surface area (Å²) in [5.74, 6) is -0.868. The average Bonchev–Trinajstić information content (AvgIpc) is 3.44. The Balaban J connectivity index is 1.38. The Morgan fingerprint density at radius 3 is 2.84 bits per heavy atom. The molecule has 1 fully saturated rings. The molecule has 0 radical (unpaired) electrons. The number of benzene rings is 2. The van der Waals surface area contributed by atoms with Gasteiger partial charge in [-0.05, 0) is 37.1 Å². The average molecular weight is 417 g/mol. The van der Waals surface area contributed by atoms with Crippen molar-refractivity contribution in [1.82, 2.24) is 10.2 Å². The van der Waals surface area contributed by atoms with Crippen LogP contribution in [0.4, 0.5) is 14.9 Å². The number of hydrogen-bond acceptors (Lipinski definition) is 5. The summed E-state index contributed by atoms with van der Waals surface area (Å²) in [6.45, 7) is -0.208. The van der Waals surface area contributed by atoms with E-state index in [1.807, 2.05) is 6.07 Å². The number of nitrogens with one attached hydrogen (secondary N) is 2. The molecule has 9 heteroatoms. The Morgan fingerprint density at radius 1 is 1.32 bits per heavy atom. The molecule has 0 saturated heterocycles. The van der Waals surface area contributed by atoms with Crippen LogP contribution in [0.1, 0.15) is 41.1 Å². The van der Waals surface area contributed by atoms with Crippen molar-refractivity contribution in [3.8, 4) is 17.9 Å². The molecular formula is C22H16FN5O3. The van der Waals surface area contributed by atoms with Crippen LogP contribution in [-0.2, 0) is 10.3 Å². The predicted octanol–water partition coefficient (Wildman–Crippen LogP) is 2.66. The highest BCUT2D eigenvalue weighted by atomic mass is 19.1. The topological polar surface area (TPSA) is 118 Å². The molecule has 2 aromatic carbocycles. The fraction of sp³-hybridized carbons (Fsp3) is 0.273. The van der Waals surface area contributed by atoms with Crippen molar-refractivity contribution in [3.63, 3.8) is 0 Å². The van der Waals surface area contributed by atoms with Crippen molar-refractivity contribution in [2.45, 2.75) is 24.4 Å². The molecule has 1 saturated carbocycles. The second kappa shape index (κ2) is 6.71. The van der Waals surface area contributed by atoms with E-state index in [-0.39, 0.29) is 30.0 Å². The van der Waals surface area contributed by atoms with Crippen LogP contribution in [0.5, 0.6) is 5.75 Å². The highest BCUT2D eigenvalue weighted by molar-refractivity contribution is 5.97. The summed E-state index contributed by atoms with van der Waals surface area (Å²) >= 11 is 0.